The maximum absolute atomic E-state index is 11.8. The second kappa shape index (κ2) is 9.42. The van der Waals surface area contributed by atoms with Crippen molar-refractivity contribution in [3.05, 3.63) is 59.7 Å². The van der Waals surface area contributed by atoms with E-state index in [4.69, 9.17) is 4.74 Å². The van der Waals surface area contributed by atoms with Crippen LogP contribution in [0.2, 0.25) is 0 Å². The SMILES string of the molecule is O=C(NCC1CCN(CC2=CC=CCC2)CC1)OCc1ccccc1. The van der Waals surface area contributed by atoms with Crippen molar-refractivity contribution in [2.75, 3.05) is 26.2 Å². The third-order valence-electron chi connectivity index (χ3n) is 4.98. The second-order valence-electron chi connectivity index (χ2n) is 6.95. The van der Waals surface area contributed by atoms with Crippen LogP contribution in [0.4, 0.5) is 4.79 Å². The fourth-order valence-electron chi connectivity index (χ4n) is 3.42. The Kier molecular flexibility index (Phi) is 6.69. The standard InChI is InChI=1S/C21H28N2O2/c24-21(25-17-20-9-5-2-6-10-20)22-15-18-11-13-23(14-12-18)16-19-7-3-1-4-8-19/h1-3,5-7,9-10,18H,4,8,11-17H2,(H,22,24). The first-order chi connectivity index (χ1) is 12.3. The van der Waals surface area contributed by atoms with Gasteiger partial charge in [0.25, 0.3) is 0 Å². The van der Waals surface area contributed by atoms with Gasteiger partial charge in [-0.05, 0) is 50.3 Å². The van der Waals surface area contributed by atoms with Crippen molar-refractivity contribution in [3.8, 4) is 0 Å². The van der Waals surface area contributed by atoms with E-state index in [1.165, 1.54) is 12.8 Å². The van der Waals surface area contributed by atoms with E-state index in [-0.39, 0.29) is 6.09 Å². The molecular weight excluding hydrogens is 312 g/mol. The van der Waals surface area contributed by atoms with Crippen molar-refractivity contribution in [3.63, 3.8) is 0 Å². The molecule has 1 heterocycles. The van der Waals surface area contributed by atoms with Gasteiger partial charge in [0, 0.05) is 13.1 Å². The largest absolute Gasteiger partial charge is 0.445 e. The summed E-state index contributed by atoms with van der Waals surface area (Å²) in [5, 5.41) is 2.92. The van der Waals surface area contributed by atoms with Crippen LogP contribution in [0.15, 0.2) is 54.1 Å². The molecule has 1 aromatic carbocycles. The smallest absolute Gasteiger partial charge is 0.407 e. The number of nitrogens with zero attached hydrogens (tertiary/aromatic N) is 1. The summed E-state index contributed by atoms with van der Waals surface area (Å²) in [6, 6.07) is 9.77. The minimum Gasteiger partial charge on any atom is -0.445 e. The number of piperidine rings is 1. The van der Waals surface area contributed by atoms with Crippen LogP contribution in [-0.4, -0.2) is 37.2 Å². The first-order valence-electron chi connectivity index (χ1n) is 9.31. The van der Waals surface area contributed by atoms with Crippen LogP contribution in [-0.2, 0) is 11.3 Å². The van der Waals surface area contributed by atoms with Crippen molar-refractivity contribution >= 4 is 6.09 Å². The fourth-order valence-corrected chi connectivity index (χ4v) is 3.42. The van der Waals surface area contributed by atoms with E-state index in [0.29, 0.717) is 19.1 Å². The quantitative estimate of drug-likeness (QED) is 0.854. The number of carbonyl (C=O) groups is 1. The number of allylic oxidation sites excluding steroid dienone is 3. The van der Waals surface area contributed by atoms with Crippen LogP contribution in [0.5, 0.6) is 0 Å². The molecule has 0 saturated carbocycles. The summed E-state index contributed by atoms with van der Waals surface area (Å²) < 4.78 is 5.27. The maximum Gasteiger partial charge on any atom is 0.407 e. The number of amides is 1. The minimum atomic E-state index is -0.314. The molecule has 1 aromatic rings. The molecule has 1 fully saturated rings. The molecular formula is C21H28N2O2. The Balaban J connectivity index is 1.30. The van der Waals surface area contributed by atoms with Gasteiger partial charge in [-0.3, -0.25) is 4.90 Å². The number of likely N-dealkylation sites (tertiary alicyclic amines) is 1. The number of carbonyl (C=O) groups excluding carboxylic acids is 1. The Morgan fingerprint density at radius 2 is 2.00 bits per heavy atom. The first-order valence-corrected chi connectivity index (χ1v) is 9.31. The number of rotatable bonds is 6. The molecule has 1 saturated heterocycles. The zero-order valence-electron chi connectivity index (χ0n) is 14.8. The molecule has 3 rings (SSSR count). The Morgan fingerprint density at radius 3 is 2.72 bits per heavy atom. The molecule has 0 spiro atoms. The van der Waals surface area contributed by atoms with E-state index in [1.54, 1.807) is 5.57 Å². The van der Waals surface area contributed by atoms with Crippen LogP contribution in [0.1, 0.15) is 31.2 Å². The molecule has 2 aliphatic rings. The molecule has 1 aliphatic heterocycles. The van der Waals surface area contributed by atoms with Gasteiger partial charge < -0.3 is 10.1 Å². The van der Waals surface area contributed by atoms with Gasteiger partial charge in [-0.2, -0.15) is 0 Å². The molecule has 1 amide bonds. The highest BCUT2D eigenvalue weighted by Gasteiger charge is 2.20. The third-order valence-corrected chi connectivity index (χ3v) is 4.98. The highest BCUT2D eigenvalue weighted by Crippen LogP contribution is 2.20. The van der Waals surface area contributed by atoms with Crippen molar-refractivity contribution in [1.29, 1.82) is 0 Å². The Hall–Kier alpha value is -2.07. The highest BCUT2D eigenvalue weighted by atomic mass is 16.5. The monoisotopic (exact) mass is 340 g/mol. The Labute approximate surface area is 150 Å². The number of hydrogen-bond acceptors (Lipinski definition) is 3. The van der Waals surface area contributed by atoms with E-state index >= 15 is 0 Å². The van der Waals surface area contributed by atoms with Crippen LogP contribution in [0.3, 0.4) is 0 Å². The van der Waals surface area contributed by atoms with Gasteiger partial charge in [0.15, 0.2) is 0 Å². The number of nitrogens with one attached hydrogen (secondary N) is 1. The lowest BCUT2D eigenvalue weighted by atomic mass is 9.95. The lowest BCUT2D eigenvalue weighted by molar-refractivity contribution is 0.133. The van der Waals surface area contributed by atoms with E-state index in [1.807, 2.05) is 30.3 Å². The molecule has 25 heavy (non-hydrogen) atoms. The summed E-state index contributed by atoms with van der Waals surface area (Å²) in [5.74, 6) is 0.556. The fraction of sp³-hybridized carbons (Fsp3) is 0.476. The Morgan fingerprint density at radius 1 is 1.20 bits per heavy atom. The van der Waals surface area contributed by atoms with Gasteiger partial charge >= 0.3 is 6.09 Å². The van der Waals surface area contributed by atoms with Crippen molar-refractivity contribution in [1.82, 2.24) is 10.2 Å². The van der Waals surface area contributed by atoms with E-state index in [9.17, 15) is 4.79 Å². The predicted molar refractivity (Wildman–Crippen MR) is 100 cm³/mol. The molecule has 0 radical (unpaired) electrons. The average molecular weight is 340 g/mol. The molecule has 0 unspecified atom stereocenters. The number of benzene rings is 1. The summed E-state index contributed by atoms with van der Waals surface area (Å²) in [4.78, 5) is 14.4. The predicted octanol–water partition coefficient (Wildman–Crippen LogP) is 3.90. The average Bonchev–Trinajstić information content (AvgIpc) is 2.67. The van der Waals surface area contributed by atoms with Gasteiger partial charge in [-0.15, -0.1) is 0 Å². The summed E-state index contributed by atoms with van der Waals surface area (Å²) in [7, 11) is 0. The minimum absolute atomic E-state index is 0.314. The normalized spacial score (nSPS) is 18.6. The lowest BCUT2D eigenvalue weighted by Gasteiger charge is -2.32. The van der Waals surface area contributed by atoms with Gasteiger partial charge in [0.1, 0.15) is 6.61 Å². The molecule has 0 bridgehead atoms. The zero-order chi connectivity index (χ0) is 17.3. The summed E-state index contributed by atoms with van der Waals surface area (Å²) in [5.41, 5.74) is 2.56. The lowest BCUT2D eigenvalue weighted by Crippen LogP contribution is -2.39. The van der Waals surface area contributed by atoms with Crippen LogP contribution in [0.25, 0.3) is 0 Å². The number of alkyl carbamates (subject to hydrolysis) is 1. The van der Waals surface area contributed by atoms with Crippen LogP contribution in [0, 0.1) is 5.92 Å². The molecule has 1 N–H and O–H groups in total. The third kappa shape index (κ3) is 6.05. The van der Waals surface area contributed by atoms with Crippen LogP contribution >= 0.6 is 0 Å². The summed E-state index contributed by atoms with van der Waals surface area (Å²) in [6.07, 6.45) is 11.0. The molecule has 1 aliphatic carbocycles. The highest BCUT2D eigenvalue weighted by molar-refractivity contribution is 5.67. The number of hydrogen-bond donors (Lipinski definition) is 1. The van der Waals surface area contributed by atoms with Gasteiger partial charge in [0.2, 0.25) is 0 Å². The van der Waals surface area contributed by atoms with Crippen molar-refractivity contribution in [2.45, 2.75) is 32.3 Å². The van der Waals surface area contributed by atoms with E-state index in [2.05, 4.69) is 28.4 Å². The molecule has 0 atom stereocenters. The zero-order valence-corrected chi connectivity index (χ0v) is 14.8. The second-order valence-corrected chi connectivity index (χ2v) is 6.95. The maximum atomic E-state index is 11.8. The van der Waals surface area contributed by atoms with Crippen molar-refractivity contribution in [2.24, 2.45) is 5.92 Å². The van der Waals surface area contributed by atoms with Gasteiger partial charge in [0.05, 0.1) is 0 Å². The summed E-state index contributed by atoms with van der Waals surface area (Å²) in [6.45, 7) is 4.38. The van der Waals surface area contributed by atoms with Crippen molar-refractivity contribution < 1.29 is 9.53 Å². The molecule has 0 aromatic heterocycles. The Bertz CT molecular complexity index is 602. The van der Waals surface area contributed by atoms with E-state index < -0.39 is 0 Å². The summed E-state index contributed by atoms with van der Waals surface area (Å²) >= 11 is 0. The molecule has 134 valence electrons. The van der Waals surface area contributed by atoms with Gasteiger partial charge in [-0.1, -0.05) is 54.1 Å². The molecule has 4 nitrogen and oxygen atoms in total. The van der Waals surface area contributed by atoms with E-state index in [0.717, 1.165) is 38.0 Å². The van der Waals surface area contributed by atoms with Crippen LogP contribution < -0.4 is 5.32 Å². The first kappa shape index (κ1) is 17.7. The van der Waals surface area contributed by atoms with Gasteiger partial charge in [-0.25, -0.2) is 4.79 Å². The molecule has 4 heteroatoms. The number of ether oxygens (including phenoxy) is 1. The topological polar surface area (TPSA) is 41.6 Å².